The molecule has 45 heavy (non-hydrogen) atoms. The number of carbonyl (C=O) groups excluding carboxylic acids is 2. The van der Waals surface area contributed by atoms with E-state index in [2.05, 4.69) is 10.6 Å². The van der Waals surface area contributed by atoms with Gasteiger partial charge in [0, 0.05) is 47.8 Å². The second-order valence-corrected chi connectivity index (χ2v) is 13.8. The average Bonchev–Trinajstić information content (AvgIpc) is 3.96. The Bertz CT molecular complexity index is 1850. The minimum absolute atomic E-state index is 0.0425. The van der Waals surface area contributed by atoms with Gasteiger partial charge in [-0.25, -0.2) is 12.8 Å². The molecule has 11 heteroatoms. The lowest BCUT2D eigenvalue weighted by atomic mass is 9.97. The zero-order valence-corrected chi connectivity index (χ0v) is 25.9. The molecule has 0 aliphatic heterocycles. The van der Waals surface area contributed by atoms with Crippen LogP contribution in [0.2, 0.25) is 0 Å². The molecule has 6 rings (SSSR count). The Kier molecular flexibility index (Phi) is 8.39. The molecule has 0 radical (unpaired) electrons. The third-order valence-electron chi connectivity index (χ3n) is 8.52. The highest BCUT2D eigenvalue weighted by Gasteiger charge is 2.42. The Morgan fingerprint density at radius 2 is 1.67 bits per heavy atom. The van der Waals surface area contributed by atoms with Crippen LogP contribution in [0.25, 0.3) is 33.4 Å². The standard InChI is InChI=1S/C34H35F2N3O5S/c1-37-34(41)30-27-18-26(23-5-3-6-24(17-23)33(40)38-31(20-7-8-20)21-9-10-21)28(39(16-4-15-35)45(2,42)43)19-29(27)44-32(30)22-11-13-25(36)14-12-22/h3,5-6,11-14,17-21,31H,4,7-10,15-16H2,1-2H3,(H,37,41)(H,38,40). The Labute approximate surface area is 260 Å². The van der Waals surface area contributed by atoms with E-state index < -0.39 is 28.4 Å². The number of alkyl halides is 1. The van der Waals surface area contributed by atoms with Gasteiger partial charge >= 0.3 is 0 Å². The molecule has 0 atom stereocenters. The fourth-order valence-corrected chi connectivity index (χ4v) is 6.96. The molecular weight excluding hydrogens is 600 g/mol. The highest BCUT2D eigenvalue weighted by atomic mass is 32.2. The third-order valence-corrected chi connectivity index (χ3v) is 9.70. The van der Waals surface area contributed by atoms with Crippen LogP contribution in [-0.2, 0) is 10.0 Å². The second-order valence-electron chi connectivity index (χ2n) is 11.9. The van der Waals surface area contributed by atoms with Gasteiger partial charge in [0.05, 0.1) is 24.2 Å². The van der Waals surface area contributed by atoms with Gasteiger partial charge in [0.2, 0.25) is 10.0 Å². The van der Waals surface area contributed by atoms with Crippen molar-refractivity contribution in [2.75, 3.05) is 30.8 Å². The number of hydrogen-bond donors (Lipinski definition) is 2. The number of nitrogens with zero attached hydrogens (tertiary/aromatic N) is 1. The molecule has 2 saturated carbocycles. The summed E-state index contributed by atoms with van der Waals surface area (Å²) in [6.45, 7) is -0.856. The number of sulfonamides is 1. The van der Waals surface area contributed by atoms with Gasteiger partial charge in [-0.3, -0.25) is 18.3 Å². The van der Waals surface area contributed by atoms with Crippen LogP contribution in [0.3, 0.4) is 0 Å². The number of amides is 2. The summed E-state index contributed by atoms with van der Waals surface area (Å²) in [4.78, 5) is 26.7. The minimum atomic E-state index is -3.89. The molecule has 2 aliphatic rings. The van der Waals surface area contributed by atoms with Crippen LogP contribution >= 0.6 is 0 Å². The molecule has 0 unspecified atom stereocenters. The van der Waals surface area contributed by atoms with E-state index in [1.807, 2.05) is 0 Å². The quantitative estimate of drug-likeness (QED) is 0.190. The number of benzene rings is 3. The Morgan fingerprint density at radius 3 is 2.27 bits per heavy atom. The highest BCUT2D eigenvalue weighted by molar-refractivity contribution is 7.92. The molecule has 2 aliphatic carbocycles. The number of rotatable bonds is 12. The van der Waals surface area contributed by atoms with Crippen LogP contribution in [0.4, 0.5) is 14.5 Å². The van der Waals surface area contributed by atoms with Crippen LogP contribution < -0.4 is 14.9 Å². The maximum Gasteiger partial charge on any atom is 0.255 e. The lowest BCUT2D eigenvalue weighted by Gasteiger charge is -2.25. The molecule has 0 bridgehead atoms. The smallest absolute Gasteiger partial charge is 0.255 e. The maximum atomic E-state index is 13.7. The zero-order chi connectivity index (χ0) is 31.9. The molecule has 0 spiro atoms. The largest absolute Gasteiger partial charge is 0.455 e. The van der Waals surface area contributed by atoms with Crippen LogP contribution in [0, 0.1) is 17.7 Å². The van der Waals surface area contributed by atoms with Gasteiger partial charge in [0.1, 0.15) is 17.2 Å². The molecule has 0 saturated heterocycles. The molecule has 2 amide bonds. The molecule has 236 valence electrons. The van der Waals surface area contributed by atoms with Gasteiger partial charge in [-0.05, 0) is 92.0 Å². The summed E-state index contributed by atoms with van der Waals surface area (Å²) in [5.41, 5.74) is 2.44. The van der Waals surface area contributed by atoms with E-state index in [1.165, 1.54) is 37.4 Å². The highest BCUT2D eigenvalue weighted by Crippen LogP contribution is 2.45. The van der Waals surface area contributed by atoms with Crippen molar-refractivity contribution in [2.24, 2.45) is 11.8 Å². The number of furan rings is 1. The summed E-state index contributed by atoms with van der Waals surface area (Å²) < 4.78 is 60.5. The van der Waals surface area contributed by atoms with Gasteiger partial charge in [-0.15, -0.1) is 0 Å². The van der Waals surface area contributed by atoms with Gasteiger partial charge in [0.15, 0.2) is 0 Å². The molecule has 8 nitrogen and oxygen atoms in total. The molecule has 2 N–H and O–H groups in total. The molecule has 3 aromatic carbocycles. The number of carbonyl (C=O) groups is 2. The SMILES string of the molecule is CNC(=O)c1c(-c2ccc(F)cc2)oc2cc(N(CCCF)S(C)(=O)=O)c(-c3cccc(C(=O)NC(C4CC4)C4CC4)c3)cc12. The zero-order valence-electron chi connectivity index (χ0n) is 25.1. The topological polar surface area (TPSA) is 109 Å². The van der Waals surface area contributed by atoms with Gasteiger partial charge < -0.3 is 15.1 Å². The fraction of sp³-hybridized carbons (Fsp3) is 0.353. The predicted octanol–water partition coefficient (Wildman–Crippen LogP) is 6.31. The Balaban J connectivity index is 1.52. The second kappa shape index (κ2) is 12.3. The van der Waals surface area contributed by atoms with E-state index in [0.29, 0.717) is 39.5 Å². The molecule has 1 heterocycles. The van der Waals surface area contributed by atoms with Crippen molar-refractivity contribution in [1.29, 1.82) is 0 Å². The first-order chi connectivity index (χ1) is 21.6. The number of anilines is 1. The molecule has 1 aromatic heterocycles. The fourth-order valence-electron chi connectivity index (χ4n) is 5.99. The lowest BCUT2D eigenvalue weighted by Crippen LogP contribution is -2.38. The lowest BCUT2D eigenvalue weighted by molar-refractivity contribution is 0.0924. The third kappa shape index (κ3) is 6.45. The van der Waals surface area contributed by atoms with Crippen molar-refractivity contribution in [3.8, 4) is 22.5 Å². The summed E-state index contributed by atoms with van der Waals surface area (Å²) in [7, 11) is -2.42. The Hall–Kier alpha value is -4.25. The van der Waals surface area contributed by atoms with E-state index >= 15 is 0 Å². The van der Waals surface area contributed by atoms with Crippen molar-refractivity contribution >= 4 is 38.5 Å². The van der Waals surface area contributed by atoms with Crippen LogP contribution in [0.5, 0.6) is 0 Å². The molecule has 2 fully saturated rings. The normalized spacial score (nSPS) is 15.0. The van der Waals surface area contributed by atoms with Crippen LogP contribution in [0.15, 0.2) is 65.1 Å². The summed E-state index contributed by atoms with van der Waals surface area (Å²) >= 11 is 0. The van der Waals surface area contributed by atoms with Crippen LogP contribution in [0.1, 0.15) is 52.8 Å². The number of nitrogens with one attached hydrogen (secondary N) is 2. The van der Waals surface area contributed by atoms with Crippen molar-refractivity contribution in [2.45, 2.75) is 38.1 Å². The predicted molar refractivity (Wildman–Crippen MR) is 170 cm³/mol. The minimum Gasteiger partial charge on any atom is -0.455 e. The van der Waals surface area contributed by atoms with Gasteiger partial charge in [-0.1, -0.05) is 12.1 Å². The number of hydrogen-bond acceptors (Lipinski definition) is 5. The van der Waals surface area contributed by atoms with Crippen molar-refractivity contribution in [3.05, 3.63) is 77.6 Å². The average molecular weight is 636 g/mol. The van der Waals surface area contributed by atoms with Crippen molar-refractivity contribution in [3.63, 3.8) is 0 Å². The van der Waals surface area contributed by atoms with E-state index in [0.717, 1.165) is 36.2 Å². The first-order valence-electron chi connectivity index (χ1n) is 15.1. The van der Waals surface area contributed by atoms with Gasteiger partial charge in [0.25, 0.3) is 11.8 Å². The number of halogens is 2. The first kappa shape index (κ1) is 30.8. The monoisotopic (exact) mass is 635 g/mol. The van der Waals surface area contributed by atoms with Gasteiger partial charge in [-0.2, -0.15) is 0 Å². The maximum absolute atomic E-state index is 13.7. The summed E-state index contributed by atoms with van der Waals surface area (Å²) in [5, 5.41) is 6.25. The van der Waals surface area contributed by atoms with Crippen molar-refractivity contribution in [1.82, 2.24) is 10.6 Å². The van der Waals surface area contributed by atoms with E-state index in [-0.39, 0.29) is 47.5 Å². The van der Waals surface area contributed by atoms with E-state index in [1.54, 1.807) is 30.3 Å². The number of fused-ring (bicyclic) bond motifs is 1. The molecule has 4 aromatic rings. The van der Waals surface area contributed by atoms with Crippen LogP contribution in [-0.4, -0.2) is 52.8 Å². The van der Waals surface area contributed by atoms with Crippen molar-refractivity contribution < 1.29 is 31.2 Å². The summed E-state index contributed by atoms with van der Waals surface area (Å²) in [5.74, 6) is 0.0923. The summed E-state index contributed by atoms with van der Waals surface area (Å²) in [6.07, 6.45) is 5.46. The summed E-state index contributed by atoms with van der Waals surface area (Å²) in [6, 6.07) is 15.7. The van der Waals surface area contributed by atoms with E-state index in [9.17, 15) is 26.8 Å². The van der Waals surface area contributed by atoms with E-state index in [4.69, 9.17) is 4.42 Å². The molecular formula is C34H35F2N3O5S. The first-order valence-corrected chi connectivity index (χ1v) is 17.0. The Morgan fingerprint density at radius 1 is 0.978 bits per heavy atom.